The van der Waals surface area contributed by atoms with Gasteiger partial charge in [-0.1, -0.05) is 12.1 Å². The lowest BCUT2D eigenvalue weighted by molar-refractivity contribution is 0.0688. The molecule has 0 radical (unpaired) electrons. The summed E-state index contributed by atoms with van der Waals surface area (Å²) in [4.78, 5) is 12.1. The molecule has 2 aromatic rings. The molecule has 0 amide bonds. The average molecular weight is 312 g/mol. The highest BCUT2D eigenvalue weighted by atomic mass is 79.9. The Morgan fingerprint density at radius 1 is 1.39 bits per heavy atom. The Morgan fingerprint density at radius 3 is 2.56 bits per heavy atom. The van der Waals surface area contributed by atoms with Crippen LogP contribution in [-0.4, -0.2) is 33.2 Å². The molecule has 0 saturated heterocycles. The molecule has 1 N–H and O–H groups in total. The molecule has 0 unspecified atom stereocenters. The Kier molecular flexibility index (Phi) is 3.61. The van der Waals surface area contributed by atoms with E-state index in [1.54, 1.807) is 7.11 Å². The van der Waals surface area contributed by atoms with Gasteiger partial charge in [-0.2, -0.15) is 4.80 Å². The van der Waals surface area contributed by atoms with Crippen molar-refractivity contribution in [1.29, 1.82) is 0 Å². The lowest BCUT2D eigenvalue weighted by Gasteiger charge is -2.02. The molecular formula is C11H10BrN3O3. The highest BCUT2D eigenvalue weighted by molar-refractivity contribution is 9.10. The zero-order valence-corrected chi connectivity index (χ0v) is 11.1. The summed E-state index contributed by atoms with van der Waals surface area (Å²) < 4.78 is 5.28. The Bertz CT molecular complexity index is 565. The van der Waals surface area contributed by atoms with Crippen LogP contribution in [0.2, 0.25) is 0 Å². The molecule has 0 aliphatic heterocycles. The third kappa shape index (κ3) is 2.67. The van der Waals surface area contributed by atoms with Crippen molar-refractivity contribution in [3.63, 3.8) is 0 Å². The predicted octanol–water partition coefficient (Wildman–Crippen LogP) is 1.80. The van der Waals surface area contributed by atoms with Gasteiger partial charge in [-0.05, 0) is 33.6 Å². The largest absolute Gasteiger partial charge is 0.497 e. The summed E-state index contributed by atoms with van der Waals surface area (Å²) in [6.07, 6.45) is 0. The summed E-state index contributed by atoms with van der Waals surface area (Å²) in [6, 6.07) is 7.39. The minimum Gasteiger partial charge on any atom is -0.497 e. The van der Waals surface area contributed by atoms with Crippen LogP contribution >= 0.6 is 15.9 Å². The van der Waals surface area contributed by atoms with Crippen molar-refractivity contribution in [2.24, 2.45) is 0 Å². The second-order valence-electron chi connectivity index (χ2n) is 3.52. The average Bonchev–Trinajstić information content (AvgIpc) is 2.71. The lowest BCUT2D eigenvalue weighted by Crippen LogP contribution is -2.05. The third-order valence-corrected chi connectivity index (χ3v) is 2.83. The van der Waals surface area contributed by atoms with Crippen LogP contribution in [0.15, 0.2) is 28.9 Å². The molecule has 0 fully saturated rings. The van der Waals surface area contributed by atoms with Crippen LogP contribution in [0.4, 0.5) is 0 Å². The fourth-order valence-electron chi connectivity index (χ4n) is 1.42. The first-order chi connectivity index (χ1) is 8.60. The second-order valence-corrected chi connectivity index (χ2v) is 4.27. The van der Waals surface area contributed by atoms with E-state index in [1.807, 2.05) is 24.3 Å². The van der Waals surface area contributed by atoms with Crippen molar-refractivity contribution in [1.82, 2.24) is 15.0 Å². The number of hydrogen-bond donors (Lipinski definition) is 1. The van der Waals surface area contributed by atoms with Crippen LogP contribution in [-0.2, 0) is 6.54 Å². The van der Waals surface area contributed by atoms with Gasteiger partial charge in [-0.25, -0.2) is 4.79 Å². The quantitative estimate of drug-likeness (QED) is 0.931. The fourth-order valence-corrected chi connectivity index (χ4v) is 1.86. The van der Waals surface area contributed by atoms with Gasteiger partial charge < -0.3 is 9.84 Å². The zero-order valence-electron chi connectivity index (χ0n) is 9.50. The van der Waals surface area contributed by atoms with Crippen molar-refractivity contribution in [3.05, 3.63) is 40.1 Å². The number of carbonyl (C=O) groups is 1. The normalized spacial score (nSPS) is 10.3. The van der Waals surface area contributed by atoms with Crippen LogP contribution in [0.5, 0.6) is 5.75 Å². The summed E-state index contributed by atoms with van der Waals surface area (Å²) >= 11 is 3.06. The molecule has 1 aromatic carbocycles. The molecule has 0 saturated carbocycles. The van der Waals surface area contributed by atoms with Crippen LogP contribution in [0.3, 0.4) is 0 Å². The summed E-state index contributed by atoms with van der Waals surface area (Å²) in [5.41, 5.74) is 0.860. The zero-order chi connectivity index (χ0) is 13.1. The van der Waals surface area contributed by atoms with E-state index in [0.29, 0.717) is 6.54 Å². The third-order valence-electron chi connectivity index (χ3n) is 2.30. The molecule has 1 aromatic heterocycles. The van der Waals surface area contributed by atoms with E-state index in [9.17, 15) is 4.79 Å². The molecule has 7 heteroatoms. The maximum atomic E-state index is 10.8. The number of benzene rings is 1. The van der Waals surface area contributed by atoms with Gasteiger partial charge in [-0.15, -0.1) is 10.2 Å². The molecule has 18 heavy (non-hydrogen) atoms. The monoisotopic (exact) mass is 311 g/mol. The standard InChI is InChI=1S/C11H10BrN3O3/c1-18-8-4-2-7(3-5-8)6-15-13-9(11(16)17)10(12)14-15/h2-5H,6H2,1H3,(H,16,17). The number of rotatable bonds is 4. The summed E-state index contributed by atoms with van der Waals surface area (Å²) in [7, 11) is 1.60. The Labute approximate surface area is 111 Å². The Morgan fingerprint density at radius 2 is 2.06 bits per heavy atom. The van der Waals surface area contributed by atoms with Gasteiger partial charge in [-0.3, -0.25) is 0 Å². The molecule has 0 atom stereocenters. The van der Waals surface area contributed by atoms with E-state index in [1.165, 1.54) is 4.80 Å². The van der Waals surface area contributed by atoms with Crippen LogP contribution in [0.1, 0.15) is 16.1 Å². The summed E-state index contributed by atoms with van der Waals surface area (Å²) in [6.45, 7) is 0.399. The topological polar surface area (TPSA) is 77.2 Å². The molecule has 1 heterocycles. The van der Waals surface area contributed by atoms with Gasteiger partial charge in [0, 0.05) is 0 Å². The van der Waals surface area contributed by atoms with Crippen molar-refractivity contribution in [2.75, 3.05) is 7.11 Å². The van der Waals surface area contributed by atoms with E-state index < -0.39 is 5.97 Å². The van der Waals surface area contributed by atoms with Crippen LogP contribution in [0.25, 0.3) is 0 Å². The molecule has 0 bridgehead atoms. The highest BCUT2D eigenvalue weighted by Gasteiger charge is 2.15. The molecule has 0 aliphatic carbocycles. The minimum absolute atomic E-state index is 0.0940. The number of carboxylic acids is 1. The molecule has 6 nitrogen and oxygen atoms in total. The summed E-state index contributed by atoms with van der Waals surface area (Å²) in [5, 5.41) is 16.7. The van der Waals surface area contributed by atoms with Gasteiger partial charge in [0.25, 0.3) is 0 Å². The number of ether oxygens (including phenoxy) is 1. The molecule has 0 spiro atoms. The molecule has 0 aliphatic rings. The first-order valence-electron chi connectivity index (χ1n) is 5.07. The number of methoxy groups -OCH3 is 1. The molecule has 2 rings (SSSR count). The Balaban J connectivity index is 2.18. The highest BCUT2D eigenvalue weighted by Crippen LogP contribution is 2.14. The van der Waals surface area contributed by atoms with E-state index in [0.717, 1.165) is 11.3 Å². The van der Waals surface area contributed by atoms with E-state index in [2.05, 4.69) is 26.1 Å². The van der Waals surface area contributed by atoms with E-state index >= 15 is 0 Å². The Hall–Kier alpha value is -1.89. The van der Waals surface area contributed by atoms with Gasteiger partial charge in [0.2, 0.25) is 5.69 Å². The van der Waals surface area contributed by atoms with Gasteiger partial charge in [0.05, 0.1) is 13.7 Å². The first kappa shape index (κ1) is 12.6. The van der Waals surface area contributed by atoms with Crippen molar-refractivity contribution in [3.8, 4) is 5.75 Å². The number of carboxylic acid groups (broad SMARTS) is 1. The summed E-state index contributed by atoms with van der Waals surface area (Å²) in [5.74, 6) is -0.345. The second kappa shape index (κ2) is 5.18. The van der Waals surface area contributed by atoms with Gasteiger partial charge in [0.1, 0.15) is 5.75 Å². The number of halogens is 1. The van der Waals surface area contributed by atoms with Crippen LogP contribution in [0, 0.1) is 0 Å². The predicted molar refractivity (Wildman–Crippen MR) is 66.8 cm³/mol. The number of aromatic nitrogens is 3. The maximum Gasteiger partial charge on any atom is 0.359 e. The first-order valence-corrected chi connectivity index (χ1v) is 5.86. The van der Waals surface area contributed by atoms with Crippen molar-refractivity contribution >= 4 is 21.9 Å². The smallest absolute Gasteiger partial charge is 0.359 e. The number of nitrogens with zero attached hydrogens (tertiary/aromatic N) is 3. The van der Waals surface area contributed by atoms with Crippen molar-refractivity contribution in [2.45, 2.75) is 6.54 Å². The molecular weight excluding hydrogens is 302 g/mol. The van der Waals surface area contributed by atoms with Gasteiger partial charge in [0.15, 0.2) is 4.60 Å². The lowest BCUT2D eigenvalue weighted by atomic mass is 10.2. The maximum absolute atomic E-state index is 10.8. The number of hydrogen-bond acceptors (Lipinski definition) is 4. The minimum atomic E-state index is -1.11. The number of aromatic carboxylic acids is 1. The van der Waals surface area contributed by atoms with Gasteiger partial charge >= 0.3 is 5.97 Å². The van der Waals surface area contributed by atoms with Crippen molar-refractivity contribution < 1.29 is 14.6 Å². The van der Waals surface area contributed by atoms with Crippen LogP contribution < -0.4 is 4.74 Å². The SMILES string of the molecule is COc1ccc(Cn2nc(Br)c(C(=O)O)n2)cc1. The fraction of sp³-hybridized carbons (Fsp3) is 0.182. The van der Waals surface area contributed by atoms with E-state index in [-0.39, 0.29) is 10.3 Å². The molecule has 94 valence electrons. The van der Waals surface area contributed by atoms with E-state index in [4.69, 9.17) is 9.84 Å².